The third kappa shape index (κ3) is 3.35. The van der Waals surface area contributed by atoms with E-state index in [-0.39, 0.29) is 11.8 Å². The van der Waals surface area contributed by atoms with E-state index in [0.29, 0.717) is 35.3 Å². The van der Waals surface area contributed by atoms with Crippen molar-refractivity contribution >= 4 is 28.9 Å². The van der Waals surface area contributed by atoms with Gasteiger partial charge < -0.3 is 10.2 Å². The number of rotatable bonds is 2. The van der Waals surface area contributed by atoms with Gasteiger partial charge >= 0.3 is 0 Å². The number of fused-ring (bicyclic) bond motifs is 2. The van der Waals surface area contributed by atoms with Crippen LogP contribution in [0.5, 0.6) is 0 Å². The van der Waals surface area contributed by atoms with E-state index < -0.39 is 0 Å². The first kappa shape index (κ1) is 17.7. The smallest absolute Gasteiger partial charge is 0.257 e. The van der Waals surface area contributed by atoms with E-state index in [1.807, 2.05) is 42.5 Å². The maximum atomic E-state index is 13.4. The minimum Gasteiger partial charge on any atom is -0.320 e. The number of hydrogen-bond donors (Lipinski definition) is 1. The molecule has 2 aliphatic rings. The maximum Gasteiger partial charge on any atom is 0.257 e. The summed E-state index contributed by atoms with van der Waals surface area (Å²) in [5, 5.41) is 2.94. The summed E-state index contributed by atoms with van der Waals surface area (Å²) >= 11 is 0. The summed E-state index contributed by atoms with van der Waals surface area (Å²) in [6, 6.07) is 15.3. The Labute approximate surface area is 160 Å². The summed E-state index contributed by atoms with van der Waals surface area (Å²) in [6.07, 6.45) is 2.55. The fraction of sp³-hybridized carbons (Fsp3) is 0.364. The molecular weight excluding hydrogens is 338 g/mol. The fourth-order valence-corrected chi connectivity index (χ4v) is 4.13. The Morgan fingerprint density at radius 3 is 2.59 bits per heavy atom. The van der Waals surface area contributed by atoms with Crippen LogP contribution in [0.25, 0.3) is 0 Å². The largest absolute Gasteiger partial charge is 0.320 e. The first-order valence-corrected chi connectivity index (χ1v) is 9.57. The van der Waals surface area contributed by atoms with E-state index in [1.165, 1.54) is 0 Å². The third-order valence-corrected chi connectivity index (χ3v) is 5.81. The number of nitrogens with one attached hydrogen (secondary N) is 1. The Morgan fingerprint density at radius 2 is 1.81 bits per heavy atom. The molecule has 0 unspecified atom stereocenters. The number of carbonyl (C=O) groups is 2. The summed E-state index contributed by atoms with van der Waals surface area (Å²) in [5.74, 6) is 0.240. The second-order valence-corrected chi connectivity index (χ2v) is 7.64. The van der Waals surface area contributed by atoms with E-state index in [1.54, 1.807) is 11.0 Å². The Morgan fingerprint density at radius 1 is 1.11 bits per heavy atom. The lowest BCUT2D eigenvalue weighted by Gasteiger charge is -2.35. The molecule has 5 nitrogen and oxygen atoms in total. The molecular formula is C22H25N3O2. The van der Waals surface area contributed by atoms with Crippen molar-refractivity contribution in [2.45, 2.75) is 32.2 Å². The van der Waals surface area contributed by atoms with Crippen molar-refractivity contribution in [1.82, 2.24) is 4.90 Å². The van der Waals surface area contributed by atoms with Gasteiger partial charge in [-0.25, -0.2) is 0 Å². The van der Waals surface area contributed by atoms with Gasteiger partial charge in [-0.15, -0.1) is 0 Å². The number of anilines is 3. The van der Waals surface area contributed by atoms with Crippen LogP contribution in [0.4, 0.5) is 17.1 Å². The SMILES string of the molecule is C[C@@H]1C[C@@H](CC(=O)N2c3ccccc3NC(=O)c3ccccc32)CCN1C. The van der Waals surface area contributed by atoms with Gasteiger partial charge in [0.25, 0.3) is 5.91 Å². The van der Waals surface area contributed by atoms with Crippen LogP contribution in [-0.4, -0.2) is 36.3 Å². The highest BCUT2D eigenvalue weighted by atomic mass is 16.2. The molecule has 140 valence electrons. The quantitative estimate of drug-likeness (QED) is 0.876. The molecule has 0 aromatic heterocycles. The van der Waals surface area contributed by atoms with Crippen LogP contribution in [0.3, 0.4) is 0 Å². The molecule has 2 heterocycles. The Hall–Kier alpha value is -2.66. The van der Waals surface area contributed by atoms with Crippen LogP contribution in [0.15, 0.2) is 48.5 Å². The van der Waals surface area contributed by atoms with Crippen LogP contribution in [0.2, 0.25) is 0 Å². The molecule has 2 amide bonds. The standard InChI is InChI=1S/C22H25N3O2/c1-15-13-16(11-12-24(15)2)14-21(26)25-19-9-5-3-7-17(19)22(27)23-18-8-4-6-10-20(18)25/h3-10,15-16H,11-14H2,1-2H3,(H,23,27)/t15-,16+/m1/s1. The van der Waals surface area contributed by atoms with E-state index in [9.17, 15) is 9.59 Å². The second kappa shape index (κ2) is 7.16. The van der Waals surface area contributed by atoms with Crippen molar-refractivity contribution in [3.8, 4) is 0 Å². The van der Waals surface area contributed by atoms with Gasteiger partial charge in [-0.3, -0.25) is 14.5 Å². The van der Waals surface area contributed by atoms with Crippen LogP contribution < -0.4 is 10.2 Å². The highest BCUT2D eigenvalue weighted by molar-refractivity contribution is 6.17. The van der Waals surface area contributed by atoms with E-state index in [0.717, 1.165) is 25.1 Å². The first-order chi connectivity index (χ1) is 13.0. The average Bonchev–Trinajstić information content (AvgIpc) is 2.79. The van der Waals surface area contributed by atoms with Gasteiger partial charge in [0.2, 0.25) is 5.91 Å². The molecule has 1 N–H and O–H groups in total. The molecule has 5 heteroatoms. The van der Waals surface area contributed by atoms with Gasteiger partial charge in [-0.2, -0.15) is 0 Å². The van der Waals surface area contributed by atoms with Gasteiger partial charge in [0, 0.05) is 12.5 Å². The highest BCUT2D eigenvalue weighted by Crippen LogP contribution is 2.39. The number of para-hydroxylation sites is 3. The second-order valence-electron chi connectivity index (χ2n) is 7.64. The van der Waals surface area contributed by atoms with Crippen molar-refractivity contribution in [2.24, 2.45) is 5.92 Å². The average molecular weight is 363 g/mol. The number of piperidine rings is 1. The molecule has 0 spiro atoms. The highest BCUT2D eigenvalue weighted by Gasteiger charge is 2.32. The minimum atomic E-state index is -0.179. The Bertz CT molecular complexity index is 879. The van der Waals surface area contributed by atoms with Crippen molar-refractivity contribution in [1.29, 1.82) is 0 Å². The summed E-state index contributed by atoms with van der Waals surface area (Å²) in [4.78, 5) is 30.1. The molecule has 1 fully saturated rings. The number of hydrogen-bond acceptors (Lipinski definition) is 3. The van der Waals surface area contributed by atoms with Crippen molar-refractivity contribution in [3.05, 3.63) is 54.1 Å². The lowest BCUT2D eigenvalue weighted by Crippen LogP contribution is -2.39. The van der Waals surface area contributed by atoms with Gasteiger partial charge in [0.05, 0.1) is 22.6 Å². The van der Waals surface area contributed by atoms with Crippen LogP contribution >= 0.6 is 0 Å². The number of nitrogens with zero attached hydrogens (tertiary/aromatic N) is 2. The zero-order chi connectivity index (χ0) is 19.0. The zero-order valence-electron chi connectivity index (χ0n) is 15.8. The normalized spacial score (nSPS) is 22.4. The summed E-state index contributed by atoms with van der Waals surface area (Å²) in [5.41, 5.74) is 2.59. The third-order valence-electron chi connectivity index (χ3n) is 5.81. The lowest BCUT2D eigenvalue weighted by atomic mass is 9.89. The monoisotopic (exact) mass is 363 g/mol. The number of likely N-dealkylation sites (tertiary alicyclic amines) is 1. The molecule has 1 saturated heterocycles. The van der Waals surface area contributed by atoms with E-state index >= 15 is 0 Å². The molecule has 2 aromatic carbocycles. The summed E-state index contributed by atoms with van der Waals surface area (Å²) in [7, 11) is 2.14. The van der Waals surface area contributed by atoms with Crippen molar-refractivity contribution in [2.75, 3.05) is 23.8 Å². The van der Waals surface area contributed by atoms with Crippen LogP contribution in [-0.2, 0) is 4.79 Å². The number of carbonyl (C=O) groups excluding carboxylic acids is 2. The minimum absolute atomic E-state index is 0.0492. The molecule has 2 atom stereocenters. The van der Waals surface area contributed by atoms with Crippen LogP contribution in [0.1, 0.15) is 36.5 Å². The predicted molar refractivity (Wildman–Crippen MR) is 107 cm³/mol. The van der Waals surface area contributed by atoms with E-state index in [4.69, 9.17) is 0 Å². The van der Waals surface area contributed by atoms with Gasteiger partial charge in [-0.1, -0.05) is 24.3 Å². The summed E-state index contributed by atoms with van der Waals surface area (Å²) in [6.45, 7) is 3.24. The number of amides is 2. The predicted octanol–water partition coefficient (Wildman–Crippen LogP) is 4.04. The van der Waals surface area contributed by atoms with Gasteiger partial charge in [0.15, 0.2) is 0 Å². The fourth-order valence-electron chi connectivity index (χ4n) is 4.13. The molecule has 2 aliphatic heterocycles. The molecule has 0 aliphatic carbocycles. The van der Waals surface area contributed by atoms with Crippen molar-refractivity contribution < 1.29 is 9.59 Å². The molecule has 27 heavy (non-hydrogen) atoms. The summed E-state index contributed by atoms with van der Waals surface area (Å²) < 4.78 is 0. The molecule has 0 bridgehead atoms. The van der Waals surface area contributed by atoms with Crippen LogP contribution in [0, 0.1) is 5.92 Å². The molecule has 0 radical (unpaired) electrons. The lowest BCUT2D eigenvalue weighted by molar-refractivity contribution is -0.119. The van der Waals surface area contributed by atoms with E-state index in [2.05, 4.69) is 24.2 Å². The molecule has 0 saturated carbocycles. The molecule has 2 aromatic rings. The van der Waals surface area contributed by atoms with Gasteiger partial charge in [-0.05, 0) is 63.5 Å². The van der Waals surface area contributed by atoms with Gasteiger partial charge in [0.1, 0.15) is 0 Å². The van der Waals surface area contributed by atoms with Crippen molar-refractivity contribution in [3.63, 3.8) is 0 Å². The number of benzene rings is 2. The molecule has 4 rings (SSSR count). The Balaban J connectivity index is 1.70. The maximum absolute atomic E-state index is 13.4. The first-order valence-electron chi connectivity index (χ1n) is 9.57. The topological polar surface area (TPSA) is 52.7 Å². The Kier molecular flexibility index (Phi) is 4.70. The zero-order valence-corrected chi connectivity index (χ0v) is 15.8.